The lowest BCUT2D eigenvalue weighted by Gasteiger charge is -2.34. The highest BCUT2D eigenvalue weighted by Gasteiger charge is 2.30. The second kappa shape index (κ2) is 8.98. The monoisotopic (exact) mass is 459 g/mol. The largest absolute Gasteiger partial charge is 0.349 e. The van der Waals surface area contributed by atoms with Gasteiger partial charge in [0.2, 0.25) is 15.6 Å². The molecule has 0 radical (unpaired) electrons. The van der Waals surface area contributed by atoms with Crippen LogP contribution in [0.3, 0.4) is 0 Å². The van der Waals surface area contributed by atoms with E-state index in [-0.39, 0.29) is 28.0 Å². The van der Waals surface area contributed by atoms with Gasteiger partial charge in [0.15, 0.2) is 0 Å². The molecule has 1 aromatic heterocycles. The number of pyridine rings is 1. The third-order valence-corrected chi connectivity index (χ3v) is 9.36. The average molecular weight is 460 g/mol. The number of aromatic amines is 1. The zero-order valence-electron chi connectivity index (χ0n) is 19.1. The lowest BCUT2D eigenvalue weighted by Crippen LogP contribution is -2.44. The molecular formula is C24H33N3O4S. The van der Waals surface area contributed by atoms with E-state index < -0.39 is 10.0 Å². The van der Waals surface area contributed by atoms with Crippen LogP contribution < -0.4 is 10.9 Å². The number of carbonyl (C=O) groups excluding carboxylic acids is 1. The fraction of sp³-hybridized carbons (Fsp3) is 0.583. The summed E-state index contributed by atoms with van der Waals surface area (Å²) in [7, 11) is -3.66. The number of nitrogens with one attached hydrogen (secondary N) is 2. The van der Waals surface area contributed by atoms with Crippen molar-refractivity contribution >= 4 is 26.8 Å². The minimum absolute atomic E-state index is 0.0443. The van der Waals surface area contributed by atoms with Gasteiger partial charge in [-0.3, -0.25) is 9.59 Å². The van der Waals surface area contributed by atoms with Crippen LogP contribution in [0.5, 0.6) is 0 Å². The van der Waals surface area contributed by atoms with Gasteiger partial charge in [0.05, 0.1) is 10.5 Å². The van der Waals surface area contributed by atoms with Gasteiger partial charge in [-0.15, -0.1) is 0 Å². The van der Waals surface area contributed by atoms with Gasteiger partial charge in [0.25, 0.3) is 5.91 Å². The number of nitrogens with zero attached hydrogens (tertiary/aromatic N) is 1. The standard InChI is InChI=1S/C24H33N3O4S/c1-15-9-11-27(12-10-15)32(30,31)18-7-8-22-19(13-18)20(14-23(28)25-22)24(29)26-21-6-4-5-16(2)17(21)3/h7-8,13-17,21H,4-6,9-12H2,1-3H3,(H,25,28)(H,26,29). The first kappa shape index (κ1) is 23.0. The van der Waals surface area contributed by atoms with Crippen LogP contribution in [0.15, 0.2) is 34.0 Å². The number of benzene rings is 1. The molecule has 2 aliphatic rings. The number of sulfonamides is 1. The molecule has 1 aliphatic carbocycles. The van der Waals surface area contributed by atoms with E-state index in [1.807, 2.05) is 0 Å². The fourth-order valence-corrected chi connectivity index (χ4v) is 6.48. The van der Waals surface area contributed by atoms with Crippen molar-refractivity contribution in [3.05, 3.63) is 40.2 Å². The van der Waals surface area contributed by atoms with E-state index in [1.54, 1.807) is 6.07 Å². The minimum atomic E-state index is -3.66. The van der Waals surface area contributed by atoms with Gasteiger partial charge >= 0.3 is 0 Å². The molecule has 1 aliphatic heterocycles. The van der Waals surface area contributed by atoms with Crippen LogP contribution in [0.2, 0.25) is 0 Å². The van der Waals surface area contributed by atoms with Crippen LogP contribution in [0.25, 0.3) is 10.9 Å². The van der Waals surface area contributed by atoms with E-state index in [2.05, 4.69) is 31.1 Å². The lowest BCUT2D eigenvalue weighted by molar-refractivity contribution is 0.0892. The van der Waals surface area contributed by atoms with Crippen LogP contribution in [0, 0.1) is 17.8 Å². The lowest BCUT2D eigenvalue weighted by atomic mass is 9.78. The molecule has 32 heavy (non-hydrogen) atoms. The maximum Gasteiger partial charge on any atom is 0.252 e. The summed E-state index contributed by atoms with van der Waals surface area (Å²) in [6, 6.07) is 5.94. The van der Waals surface area contributed by atoms with E-state index in [0.717, 1.165) is 32.1 Å². The van der Waals surface area contributed by atoms with Crippen LogP contribution in [0.1, 0.15) is 63.2 Å². The first-order valence-electron chi connectivity index (χ1n) is 11.6. The average Bonchev–Trinajstić information content (AvgIpc) is 2.76. The Kier molecular flexibility index (Phi) is 6.45. The molecule has 2 N–H and O–H groups in total. The molecule has 3 atom stereocenters. The summed E-state index contributed by atoms with van der Waals surface area (Å²) in [5.74, 6) is 1.06. The summed E-state index contributed by atoms with van der Waals surface area (Å²) in [6.07, 6.45) is 4.80. The zero-order valence-corrected chi connectivity index (χ0v) is 19.9. The molecule has 174 valence electrons. The molecule has 3 unspecified atom stereocenters. The Morgan fingerprint density at radius 1 is 1.06 bits per heavy atom. The first-order valence-corrected chi connectivity index (χ1v) is 13.1. The molecule has 0 bridgehead atoms. The van der Waals surface area contributed by atoms with Gasteiger partial charge in [0, 0.05) is 36.1 Å². The molecule has 7 nitrogen and oxygen atoms in total. The number of carbonyl (C=O) groups is 1. The van der Waals surface area contributed by atoms with Crippen LogP contribution in [-0.2, 0) is 10.0 Å². The van der Waals surface area contributed by atoms with E-state index in [0.29, 0.717) is 41.7 Å². The molecular weight excluding hydrogens is 426 g/mol. The number of rotatable bonds is 4. The predicted octanol–water partition coefficient (Wildman–Crippen LogP) is 3.50. The van der Waals surface area contributed by atoms with Crippen molar-refractivity contribution < 1.29 is 13.2 Å². The molecule has 0 spiro atoms. The predicted molar refractivity (Wildman–Crippen MR) is 125 cm³/mol. The molecule has 1 aromatic carbocycles. The topological polar surface area (TPSA) is 99.3 Å². The Bertz CT molecular complexity index is 1170. The van der Waals surface area contributed by atoms with Crippen molar-refractivity contribution in [3.63, 3.8) is 0 Å². The zero-order chi connectivity index (χ0) is 23.0. The van der Waals surface area contributed by atoms with Gasteiger partial charge in [-0.25, -0.2) is 8.42 Å². The van der Waals surface area contributed by atoms with Gasteiger partial charge in [0.1, 0.15) is 0 Å². The summed E-state index contributed by atoms with van der Waals surface area (Å²) >= 11 is 0. The third kappa shape index (κ3) is 4.48. The Morgan fingerprint density at radius 3 is 2.50 bits per heavy atom. The smallest absolute Gasteiger partial charge is 0.252 e. The van der Waals surface area contributed by atoms with Gasteiger partial charge in [-0.05, 0) is 55.2 Å². The van der Waals surface area contributed by atoms with E-state index in [1.165, 1.54) is 22.5 Å². The Labute approximate surface area is 189 Å². The first-order chi connectivity index (χ1) is 15.2. The second-order valence-corrected chi connectivity index (χ2v) is 11.6. The SMILES string of the molecule is CC1CCN(S(=O)(=O)c2ccc3[nH]c(=O)cc(C(=O)NC4CCCC(C)C4C)c3c2)CC1. The highest BCUT2D eigenvalue weighted by molar-refractivity contribution is 7.89. The summed E-state index contributed by atoms with van der Waals surface area (Å²) in [5.41, 5.74) is 0.297. The Morgan fingerprint density at radius 2 is 1.78 bits per heavy atom. The van der Waals surface area contributed by atoms with Gasteiger partial charge in [-0.1, -0.05) is 33.6 Å². The number of hydrogen-bond donors (Lipinski definition) is 2. The highest BCUT2D eigenvalue weighted by Crippen LogP contribution is 2.30. The maximum atomic E-state index is 13.2. The molecule has 2 fully saturated rings. The normalized spacial score (nSPS) is 25.7. The van der Waals surface area contributed by atoms with Crippen molar-refractivity contribution in [1.82, 2.24) is 14.6 Å². The molecule has 8 heteroatoms. The van der Waals surface area contributed by atoms with Crippen LogP contribution in [0.4, 0.5) is 0 Å². The van der Waals surface area contributed by atoms with Crippen molar-refractivity contribution in [3.8, 4) is 0 Å². The number of piperidine rings is 1. The summed E-state index contributed by atoms with van der Waals surface area (Å²) < 4.78 is 28.0. The van der Waals surface area contributed by atoms with E-state index in [9.17, 15) is 18.0 Å². The van der Waals surface area contributed by atoms with Crippen molar-refractivity contribution in [2.45, 2.75) is 63.8 Å². The molecule has 1 saturated carbocycles. The number of fused-ring (bicyclic) bond motifs is 1. The van der Waals surface area contributed by atoms with E-state index in [4.69, 9.17) is 0 Å². The quantitative estimate of drug-likeness (QED) is 0.731. The van der Waals surface area contributed by atoms with Crippen molar-refractivity contribution in [1.29, 1.82) is 0 Å². The Hall–Kier alpha value is -2.19. The summed E-state index contributed by atoms with van der Waals surface area (Å²) in [6.45, 7) is 7.48. The van der Waals surface area contributed by atoms with Gasteiger partial charge in [-0.2, -0.15) is 4.31 Å². The van der Waals surface area contributed by atoms with Crippen molar-refractivity contribution in [2.24, 2.45) is 17.8 Å². The number of amides is 1. The third-order valence-electron chi connectivity index (χ3n) is 7.46. The fourth-order valence-electron chi connectivity index (χ4n) is 4.99. The van der Waals surface area contributed by atoms with Crippen LogP contribution >= 0.6 is 0 Å². The minimum Gasteiger partial charge on any atom is -0.349 e. The number of aromatic nitrogens is 1. The van der Waals surface area contributed by atoms with E-state index >= 15 is 0 Å². The maximum absolute atomic E-state index is 13.2. The van der Waals surface area contributed by atoms with Crippen LogP contribution in [-0.4, -0.2) is 42.7 Å². The molecule has 1 saturated heterocycles. The summed E-state index contributed by atoms with van der Waals surface area (Å²) in [5, 5.41) is 3.56. The number of H-pyrrole nitrogens is 1. The van der Waals surface area contributed by atoms with Crippen molar-refractivity contribution in [2.75, 3.05) is 13.1 Å². The molecule has 1 amide bonds. The number of hydrogen-bond acceptors (Lipinski definition) is 4. The molecule has 4 rings (SSSR count). The highest BCUT2D eigenvalue weighted by atomic mass is 32.2. The molecule has 2 aromatic rings. The summed E-state index contributed by atoms with van der Waals surface area (Å²) in [4.78, 5) is 28.3. The van der Waals surface area contributed by atoms with Gasteiger partial charge < -0.3 is 10.3 Å². The Balaban J connectivity index is 1.68. The second-order valence-electron chi connectivity index (χ2n) is 9.69. The molecule has 2 heterocycles.